The molecule has 33 heavy (non-hydrogen) atoms. The molecule has 4 rings (SSSR count). The van der Waals surface area contributed by atoms with Crippen molar-refractivity contribution in [2.24, 2.45) is 0 Å². The molecule has 1 aliphatic rings. The highest BCUT2D eigenvalue weighted by molar-refractivity contribution is 7.80. The van der Waals surface area contributed by atoms with Crippen LogP contribution in [0.2, 0.25) is 0 Å². The first-order valence-electron chi connectivity index (χ1n) is 10.3. The number of Topliss-reactive ketones (excluding diaryl/α,β-unsaturated/α-hetero) is 1. The molecule has 0 spiro atoms. The van der Waals surface area contributed by atoms with Crippen LogP contribution in [0.5, 0.6) is 0 Å². The van der Waals surface area contributed by atoms with Gasteiger partial charge in [0.25, 0.3) is 0 Å². The van der Waals surface area contributed by atoms with Crippen LogP contribution in [0.3, 0.4) is 0 Å². The molecule has 1 aliphatic carbocycles. The molecule has 3 aromatic rings. The van der Waals surface area contributed by atoms with Crippen molar-refractivity contribution in [2.75, 3.05) is 12.4 Å². The van der Waals surface area contributed by atoms with Crippen LogP contribution in [-0.2, 0) is 9.62 Å². The number of benzene rings is 3. The van der Waals surface area contributed by atoms with Gasteiger partial charge in [-0.05, 0) is 28.3 Å². The average molecular weight is 464 g/mol. The number of thiol groups is 1. The minimum Gasteiger partial charge on any atom is -0.449 e. The summed E-state index contributed by atoms with van der Waals surface area (Å²) in [6.07, 6.45) is -0.772. The number of ketones is 1. The lowest BCUT2D eigenvalue weighted by Gasteiger charge is -2.18. The molecule has 1 atom stereocenters. The van der Waals surface area contributed by atoms with E-state index in [2.05, 4.69) is 22.8 Å². The van der Waals surface area contributed by atoms with Crippen molar-refractivity contribution in [3.05, 3.63) is 95.1 Å². The number of rotatable bonds is 7. The second kappa shape index (κ2) is 9.89. The lowest BCUT2D eigenvalue weighted by Crippen LogP contribution is -2.43. The first kappa shape index (κ1) is 22.6. The van der Waals surface area contributed by atoms with Gasteiger partial charge in [0, 0.05) is 17.2 Å². The number of nitrogens with one attached hydrogen (secondary N) is 1. The van der Waals surface area contributed by atoms with Crippen LogP contribution in [0, 0.1) is 0 Å². The third-order valence-corrected chi connectivity index (χ3v) is 6.00. The normalized spacial score (nSPS) is 12.9. The molecular weight excluding hydrogens is 442 g/mol. The van der Waals surface area contributed by atoms with E-state index in [1.165, 1.54) is 18.2 Å². The van der Waals surface area contributed by atoms with Crippen molar-refractivity contribution in [1.82, 2.24) is 5.32 Å². The van der Waals surface area contributed by atoms with Crippen molar-refractivity contribution in [1.29, 1.82) is 0 Å². The second-order valence-electron chi connectivity index (χ2n) is 7.49. The van der Waals surface area contributed by atoms with Crippen LogP contribution in [0.1, 0.15) is 37.8 Å². The summed E-state index contributed by atoms with van der Waals surface area (Å²) >= 11 is 4.16. The van der Waals surface area contributed by atoms with Crippen molar-refractivity contribution in [3.8, 4) is 11.1 Å². The maximum Gasteiger partial charge on any atom is 0.407 e. The van der Waals surface area contributed by atoms with E-state index in [1.807, 2.05) is 48.5 Å². The van der Waals surface area contributed by atoms with Crippen molar-refractivity contribution in [3.63, 3.8) is 0 Å². The summed E-state index contributed by atoms with van der Waals surface area (Å²) in [4.78, 5) is 41.0. The van der Waals surface area contributed by atoms with Crippen molar-refractivity contribution < 1.29 is 29.3 Å². The molecule has 168 valence electrons. The zero-order chi connectivity index (χ0) is 23.4. The number of carbonyl (C=O) groups is 3. The van der Waals surface area contributed by atoms with Crippen LogP contribution in [0.15, 0.2) is 72.8 Å². The minimum absolute atomic E-state index is 0.00505. The lowest BCUT2D eigenvalue weighted by molar-refractivity contribution is -0.182. The summed E-state index contributed by atoms with van der Waals surface area (Å²) in [5.41, 5.74) is 4.24. The Labute approximate surface area is 195 Å². The maximum absolute atomic E-state index is 12.9. The van der Waals surface area contributed by atoms with Gasteiger partial charge in [0.2, 0.25) is 0 Å². The van der Waals surface area contributed by atoms with E-state index in [0.29, 0.717) is 0 Å². The molecule has 0 saturated carbocycles. The van der Waals surface area contributed by atoms with Gasteiger partial charge in [-0.1, -0.05) is 66.7 Å². The highest BCUT2D eigenvalue weighted by Gasteiger charge is 2.30. The molecule has 2 N–H and O–H groups in total. The van der Waals surface area contributed by atoms with E-state index in [-0.39, 0.29) is 29.4 Å². The Kier molecular flexibility index (Phi) is 6.76. The topological polar surface area (TPSA) is 102 Å². The maximum atomic E-state index is 12.9. The smallest absolute Gasteiger partial charge is 0.407 e. The molecule has 0 heterocycles. The van der Waals surface area contributed by atoms with E-state index < -0.39 is 23.9 Å². The predicted molar refractivity (Wildman–Crippen MR) is 125 cm³/mol. The molecule has 3 aromatic carbocycles. The molecule has 0 aliphatic heterocycles. The first-order chi connectivity index (χ1) is 16.0. The molecule has 0 saturated heterocycles. The van der Waals surface area contributed by atoms with E-state index in [0.717, 1.165) is 22.3 Å². The number of alkyl carbamates (subject to hydrolysis) is 1. The largest absolute Gasteiger partial charge is 0.449 e. The van der Waals surface area contributed by atoms with E-state index in [4.69, 9.17) is 9.99 Å². The van der Waals surface area contributed by atoms with Crippen LogP contribution in [0.4, 0.5) is 4.79 Å². The summed E-state index contributed by atoms with van der Waals surface area (Å²) in [6.45, 7) is 0.0980. The molecule has 1 amide bonds. The lowest BCUT2D eigenvalue weighted by atomic mass is 9.98. The third kappa shape index (κ3) is 4.48. The van der Waals surface area contributed by atoms with Crippen LogP contribution in [-0.4, -0.2) is 41.5 Å². The molecule has 0 radical (unpaired) electrons. The van der Waals surface area contributed by atoms with Crippen molar-refractivity contribution in [2.45, 2.75) is 12.0 Å². The standard InChI is InChI=1S/C25H21NO6S/c27-23(19-11-5-6-12-20(19)24(28)32-30)22(14-33)26-25(29)31-13-21-17-9-3-1-7-15(17)16-8-2-4-10-18(16)21/h1-12,21-22,30,33H,13-14H2,(H,26,29)/t22-/m0/s1. The summed E-state index contributed by atoms with van der Waals surface area (Å²) in [5, 5.41) is 11.2. The molecule has 0 aromatic heterocycles. The average Bonchev–Trinajstić information content (AvgIpc) is 3.18. The molecule has 0 fully saturated rings. The van der Waals surface area contributed by atoms with Gasteiger partial charge in [-0.15, -0.1) is 0 Å². The molecule has 7 nitrogen and oxygen atoms in total. The Morgan fingerprint density at radius 1 is 0.879 bits per heavy atom. The summed E-state index contributed by atoms with van der Waals surface area (Å²) in [7, 11) is 0. The monoisotopic (exact) mass is 463 g/mol. The summed E-state index contributed by atoms with van der Waals surface area (Å²) in [5.74, 6) is -1.77. The number of amides is 1. The van der Waals surface area contributed by atoms with Gasteiger partial charge in [0.1, 0.15) is 12.6 Å². The Bertz CT molecular complexity index is 1170. The summed E-state index contributed by atoms with van der Waals surface area (Å²) in [6, 6.07) is 20.7. The van der Waals surface area contributed by atoms with Gasteiger partial charge in [-0.25, -0.2) is 9.59 Å². The van der Waals surface area contributed by atoms with Gasteiger partial charge < -0.3 is 10.1 Å². The predicted octanol–water partition coefficient (Wildman–Crippen LogP) is 4.34. The Balaban J connectivity index is 1.46. The fraction of sp³-hybridized carbons (Fsp3) is 0.160. The quantitative estimate of drug-likeness (QED) is 0.209. The number of fused-ring (bicyclic) bond motifs is 3. The highest BCUT2D eigenvalue weighted by Crippen LogP contribution is 2.44. The Hall–Kier alpha value is -3.62. The number of hydrogen-bond donors (Lipinski definition) is 3. The zero-order valence-electron chi connectivity index (χ0n) is 17.4. The molecule has 0 unspecified atom stereocenters. The Morgan fingerprint density at radius 3 is 2.00 bits per heavy atom. The Morgan fingerprint density at radius 2 is 1.42 bits per heavy atom. The minimum atomic E-state index is -1.07. The highest BCUT2D eigenvalue weighted by atomic mass is 32.1. The van der Waals surface area contributed by atoms with Gasteiger partial charge in [0.05, 0.1) is 5.56 Å². The number of hydrogen-bond acceptors (Lipinski definition) is 7. The third-order valence-electron chi connectivity index (χ3n) is 5.63. The molecule has 0 bridgehead atoms. The second-order valence-corrected chi connectivity index (χ2v) is 7.86. The fourth-order valence-corrected chi connectivity index (χ4v) is 4.35. The van der Waals surface area contributed by atoms with Crippen molar-refractivity contribution >= 4 is 30.5 Å². The van der Waals surface area contributed by atoms with Gasteiger partial charge in [-0.2, -0.15) is 17.9 Å². The molecular formula is C25H21NO6S. The fourth-order valence-electron chi connectivity index (χ4n) is 4.09. The summed E-state index contributed by atoms with van der Waals surface area (Å²) < 4.78 is 5.49. The van der Waals surface area contributed by atoms with Gasteiger partial charge in [-0.3, -0.25) is 9.68 Å². The van der Waals surface area contributed by atoms with Gasteiger partial charge in [0.15, 0.2) is 5.78 Å². The number of ether oxygens (including phenoxy) is 1. The van der Waals surface area contributed by atoms with Crippen LogP contribution in [0.25, 0.3) is 11.1 Å². The van der Waals surface area contributed by atoms with E-state index in [1.54, 1.807) is 6.07 Å². The number of carbonyl (C=O) groups excluding carboxylic acids is 3. The first-order valence-corrected chi connectivity index (χ1v) is 10.9. The van der Waals surface area contributed by atoms with Crippen LogP contribution >= 0.6 is 12.6 Å². The SMILES string of the molecule is O=C(N[C@@H](CS)C(=O)c1ccccc1C(=O)OO)OCC1c2ccccc2-c2ccccc21. The van der Waals surface area contributed by atoms with Crippen LogP contribution < -0.4 is 5.32 Å². The zero-order valence-corrected chi connectivity index (χ0v) is 18.3. The van der Waals surface area contributed by atoms with Gasteiger partial charge >= 0.3 is 12.1 Å². The molecule has 8 heteroatoms. The van der Waals surface area contributed by atoms with E-state index in [9.17, 15) is 14.4 Å². The van der Waals surface area contributed by atoms with E-state index >= 15 is 0 Å².